The maximum Gasteiger partial charge on any atom is 0.262 e. The van der Waals surface area contributed by atoms with E-state index in [1.54, 1.807) is 12.1 Å². The minimum Gasteiger partial charge on any atom is -0.382 e. The largest absolute Gasteiger partial charge is 0.382 e. The number of carbonyl (C=O) groups is 4. The number of aryl methyl sites for hydroxylation is 1. The minimum atomic E-state index is -0.925. The van der Waals surface area contributed by atoms with E-state index >= 15 is 0 Å². The Morgan fingerprint density at radius 2 is 1.92 bits per heavy atom. The zero-order valence-corrected chi connectivity index (χ0v) is 14.0. The second kappa shape index (κ2) is 7.14. The van der Waals surface area contributed by atoms with Gasteiger partial charge in [-0.15, -0.1) is 0 Å². The van der Waals surface area contributed by atoms with Crippen molar-refractivity contribution >= 4 is 23.6 Å². The maximum absolute atomic E-state index is 12.7. The SMILES string of the molecule is CCOCCCc1ccc2c(c1)C(=O)N(C1CCC(=O)NC1=O)C2=O. The second-order valence-electron chi connectivity index (χ2n) is 6.13. The molecule has 0 aliphatic carbocycles. The molecule has 1 atom stereocenters. The molecule has 1 aromatic carbocycles. The third-order valence-corrected chi connectivity index (χ3v) is 4.46. The predicted octanol–water partition coefficient (Wildman–Crippen LogP) is 1.06. The number of carbonyl (C=O) groups excluding carboxylic acids is 4. The van der Waals surface area contributed by atoms with E-state index in [1.165, 1.54) is 0 Å². The standard InChI is InChI=1S/C18H20N2O5/c1-2-25-9-3-4-11-5-6-12-13(10-11)18(24)20(17(12)23)14-7-8-15(21)19-16(14)22/h5-6,10,14H,2-4,7-9H2,1H3,(H,19,21,22). The third-order valence-electron chi connectivity index (χ3n) is 4.46. The van der Waals surface area contributed by atoms with Crippen LogP contribution in [0.5, 0.6) is 0 Å². The highest BCUT2D eigenvalue weighted by molar-refractivity contribution is 6.23. The highest BCUT2D eigenvalue weighted by atomic mass is 16.5. The first kappa shape index (κ1) is 17.3. The lowest BCUT2D eigenvalue weighted by Gasteiger charge is -2.27. The molecule has 1 aromatic rings. The van der Waals surface area contributed by atoms with Gasteiger partial charge in [-0.2, -0.15) is 0 Å². The van der Waals surface area contributed by atoms with E-state index in [0.717, 1.165) is 23.3 Å². The molecule has 7 nitrogen and oxygen atoms in total. The normalized spacial score (nSPS) is 20.0. The van der Waals surface area contributed by atoms with E-state index in [4.69, 9.17) is 4.74 Å². The number of piperidine rings is 1. The van der Waals surface area contributed by atoms with E-state index in [2.05, 4.69) is 5.32 Å². The van der Waals surface area contributed by atoms with Crippen LogP contribution < -0.4 is 5.32 Å². The molecule has 2 heterocycles. The number of hydrogen-bond donors (Lipinski definition) is 1. The summed E-state index contributed by atoms with van der Waals surface area (Å²) in [7, 11) is 0. The molecule has 132 valence electrons. The Labute approximate surface area is 145 Å². The monoisotopic (exact) mass is 344 g/mol. The van der Waals surface area contributed by atoms with Crippen molar-refractivity contribution in [1.29, 1.82) is 0 Å². The van der Waals surface area contributed by atoms with Crippen LogP contribution in [0.2, 0.25) is 0 Å². The summed E-state index contributed by atoms with van der Waals surface area (Å²) in [5.74, 6) is -1.92. The fraction of sp³-hybridized carbons (Fsp3) is 0.444. The molecule has 3 rings (SSSR count). The lowest BCUT2D eigenvalue weighted by Crippen LogP contribution is -2.54. The summed E-state index contributed by atoms with van der Waals surface area (Å²) in [4.78, 5) is 49.5. The summed E-state index contributed by atoms with van der Waals surface area (Å²) in [6.45, 7) is 3.24. The number of amides is 4. The Morgan fingerprint density at radius 1 is 1.16 bits per heavy atom. The number of benzene rings is 1. The Bertz CT molecular complexity index is 743. The third kappa shape index (κ3) is 3.32. The summed E-state index contributed by atoms with van der Waals surface area (Å²) < 4.78 is 5.30. The summed E-state index contributed by atoms with van der Waals surface area (Å²) in [5.41, 5.74) is 1.58. The Hall–Kier alpha value is -2.54. The van der Waals surface area contributed by atoms with E-state index < -0.39 is 23.8 Å². The molecule has 0 saturated carbocycles. The lowest BCUT2D eigenvalue weighted by atomic mass is 10.0. The number of nitrogens with zero attached hydrogens (tertiary/aromatic N) is 1. The van der Waals surface area contributed by atoms with Crippen LogP contribution in [0.4, 0.5) is 0 Å². The molecule has 0 spiro atoms. The topological polar surface area (TPSA) is 92.8 Å². The highest BCUT2D eigenvalue weighted by Crippen LogP contribution is 2.28. The van der Waals surface area contributed by atoms with Crippen LogP contribution in [0.15, 0.2) is 18.2 Å². The van der Waals surface area contributed by atoms with Crippen LogP contribution in [0.25, 0.3) is 0 Å². The van der Waals surface area contributed by atoms with Gasteiger partial charge in [0.05, 0.1) is 11.1 Å². The summed E-state index contributed by atoms with van der Waals surface area (Å²) in [5, 5.41) is 2.19. The fourth-order valence-corrected chi connectivity index (χ4v) is 3.20. The average molecular weight is 344 g/mol. The first-order valence-corrected chi connectivity index (χ1v) is 8.45. The number of hydrogen-bond acceptors (Lipinski definition) is 5. The maximum atomic E-state index is 12.7. The molecular formula is C18H20N2O5. The molecule has 2 aliphatic rings. The highest BCUT2D eigenvalue weighted by Gasteiger charge is 2.44. The van der Waals surface area contributed by atoms with Gasteiger partial charge in [-0.05, 0) is 43.9 Å². The van der Waals surface area contributed by atoms with Gasteiger partial charge < -0.3 is 4.74 Å². The molecular weight excluding hydrogens is 324 g/mol. The van der Waals surface area contributed by atoms with Gasteiger partial charge in [0.15, 0.2) is 0 Å². The van der Waals surface area contributed by atoms with Crippen molar-refractivity contribution in [1.82, 2.24) is 10.2 Å². The zero-order chi connectivity index (χ0) is 18.0. The Kier molecular flexibility index (Phi) is 4.94. The van der Waals surface area contributed by atoms with Crippen LogP contribution in [0.3, 0.4) is 0 Å². The van der Waals surface area contributed by atoms with E-state index in [9.17, 15) is 19.2 Å². The molecule has 7 heteroatoms. The van der Waals surface area contributed by atoms with Crippen molar-refractivity contribution in [2.45, 2.75) is 38.6 Å². The zero-order valence-electron chi connectivity index (χ0n) is 14.0. The molecule has 1 saturated heterocycles. The fourth-order valence-electron chi connectivity index (χ4n) is 3.20. The first-order valence-electron chi connectivity index (χ1n) is 8.45. The minimum absolute atomic E-state index is 0.118. The van der Waals surface area contributed by atoms with Crippen molar-refractivity contribution in [3.05, 3.63) is 34.9 Å². The molecule has 2 aliphatic heterocycles. The van der Waals surface area contributed by atoms with Gasteiger partial charge in [0.25, 0.3) is 11.8 Å². The van der Waals surface area contributed by atoms with Crippen molar-refractivity contribution in [3.8, 4) is 0 Å². The molecule has 25 heavy (non-hydrogen) atoms. The molecule has 0 bridgehead atoms. The smallest absolute Gasteiger partial charge is 0.262 e. The molecule has 0 radical (unpaired) electrons. The van der Waals surface area contributed by atoms with Gasteiger partial charge in [0.2, 0.25) is 11.8 Å². The molecule has 1 unspecified atom stereocenters. The van der Waals surface area contributed by atoms with Crippen molar-refractivity contribution in [2.75, 3.05) is 13.2 Å². The van der Waals surface area contributed by atoms with Crippen LogP contribution in [0.1, 0.15) is 52.5 Å². The van der Waals surface area contributed by atoms with Crippen molar-refractivity contribution in [2.24, 2.45) is 0 Å². The average Bonchev–Trinajstić information content (AvgIpc) is 2.83. The predicted molar refractivity (Wildman–Crippen MR) is 87.9 cm³/mol. The van der Waals surface area contributed by atoms with E-state index in [-0.39, 0.29) is 18.7 Å². The summed E-state index contributed by atoms with van der Waals surface area (Å²) >= 11 is 0. The van der Waals surface area contributed by atoms with Gasteiger partial charge in [-0.25, -0.2) is 0 Å². The number of rotatable bonds is 6. The van der Waals surface area contributed by atoms with Gasteiger partial charge in [-0.1, -0.05) is 6.07 Å². The van der Waals surface area contributed by atoms with E-state index in [0.29, 0.717) is 24.3 Å². The molecule has 1 N–H and O–H groups in total. The number of nitrogens with one attached hydrogen (secondary N) is 1. The van der Waals surface area contributed by atoms with Crippen LogP contribution in [-0.2, 0) is 20.7 Å². The van der Waals surface area contributed by atoms with E-state index in [1.807, 2.05) is 13.0 Å². The van der Waals surface area contributed by atoms with Gasteiger partial charge >= 0.3 is 0 Å². The summed E-state index contributed by atoms with van der Waals surface area (Å²) in [6.07, 6.45) is 1.85. The number of ether oxygens (including phenoxy) is 1. The first-order chi connectivity index (χ1) is 12.0. The van der Waals surface area contributed by atoms with Crippen LogP contribution in [0, 0.1) is 0 Å². The number of fused-ring (bicyclic) bond motifs is 1. The van der Waals surface area contributed by atoms with Crippen LogP contribution >= 0.6 is 0 Å². The van der Waals surface area contributed by atoms with Crippen molar-refractivity contribution < 1.29 is 23.9 Å². The summed E-state index contributed by atoms with van der Waals surface area (Å²) in [6, 6.07) is 4.25. The molecule has 0 aromatic heterocycles. The molecule has 1 fully saturated rings. The second-order valence-corrected chi connectivity index (χ2v) is 6.13. The lowest BCUT2D eigenvalue weighted by molar-refractivity contribution is -0.136. The van der Waals surface area contributed by atoms with Gasteiger partial charge in [-0.3, -0.25) is 29.4 Å². The molecule has 4 amide bonds. The van der Waals surface area contributed by atoms with Gasteiger partial charge in [0.1, 0.15) is 6.04 Å². The Morgan fingerprint density at radius 3 is 2.64 bits per heavy atom. The number of imide groups is 2. The van der Waals surface area contributed by atoms with Crippen LogP contribution in [-0.4, -0.2) is 47.8 Å². The quantitative estimate of drug-likeness (QED) is 0.615. The van der Waals surface area contributed by atoms with Gasteiger partial charge in [0, 0.05) is 19.6 Å². The Balaban J connectivity index is 1.77. The van der Waals surface area contributed by atoms with Crippen molar-refractivity contribution in [3.63, 3.8) is 0 Å².